The molecule has 0 radical (unpaired) electrons. The minimum atomic E-state index is -4.55. The van der Waals surface area contributed by atoms with E-state index in [4.69, 9.17) is 22.1 Å². The fraction of sp³-hybridized carbons (Fsp3) is 0.0833. The molecule has 2 aromatic heterocycles. The molecular weight excluding hydrogens is 545 g/mol. The summed E-state index contributed by atoms with van der Waals surface area (Å²) < 4.78 is 56.5. The highest BCUT2D eigenvalue weighted by Gasteiger charge is 2.31. The highest BCUT2D eigenvalue weighted by molar-refractivity contribution is 7.84. The Morgan fingerprint density at radius 2 is 1.68 bits per heavy atom. The van der Waals surface area contributed by atoms with Crippen LogP contribution in [0.15, 0.2) is 72.0 Å². The number of nitrogens with zero attached hydrogens (tertiary/aromatic N) is 3. The number of nitrogens with one attached hydrogen (secondary N) is 2. The molecule has 4 aromatic rings. The van der Waals surface area contributed by atoms with Crippen molar-refractivity contribution in [1.29, 1.82) is 0 Å². The van der Waals surface area contributed by atoms with Crippen molar-refractivity contribution in [3.8, 4) is 22.9 Å². The summed E-state index contributed by atoms with van der Waals surface area (Å²) in [5.74, 6) is 0.267. The first-order valence-electron chi connectivity index (χ1n) is 10.6. The number of carbonyl (C=O) groups excluding carboxylic acids is 1. The van der Waals surface area contributed by atoms with Crippen molar-refractivity contribution < 1.29 is 26.9 Å². The highest BCUT2D eigenvalue weighted by atomic mass is 35.5. The molecule has 1 unspecified atom stereocenters. The normalized spacial score (nSPS) is 12.0. The number of halogens is 4. The number of hydrogen-bond acceptors (Lipinski definition) is 7. The van der Waals surface area contributed by atoms with Gasteiger partial charge in [0.05, 0.1) is 45.0 Å². The highest BCUT2D eigenvalue weighted by Crippen LogP contribution is 2.34. The molecule has 0 aliphatic carbocycles. The van der Waals surface area contributed by atoms with Crippen molar-refractivity contribution in [3.63, 3.8) is 0 Å². The topological polar surface area (TPSA) is 132 Å². The number of nitrogen functional groups attached to an aromatic ring is 1. The summed E-state index contributed by atoms with van der Waals surface area (Å²) in [6, 6.07) is 10.9. The van der Waals surface area contributed by atoms with Crippen LogP contribution in [0.25, 0.3) is 11.1 Å². The lowest BCUT2D eigenvalue weighted by atomic mass is 10.0. The predicted octanol–water partition coefficient (Wildman–Crippen LogP) is 5.97. The number of hydrogen-bond donors (Lipinski definition) is 3. The van der Waals surface area contributed by atoms with Gasteiger partial charge in [-0.15, -0.1) is 0 Å². The molecule has 196 valence electrons. The molecule has 2 amide bonds. The maximum absolute atomic E-state index is 13.0. The first-order valence-corrected chi connectivity index (χ1v) is 12.6. The van der Waals surface area contributed by atoms with E-state index in [1.54, 1.807) is 12.1 Å². The zero-order chi connectivity index (χ0) is 27.4. The number of benzene rings is 2. The Balaban J connectivity index is 1.40. The summed E-state index contributed by atoms with van der Waals surface area (Å²) in [4.78, 5) is 24.5. The molecule has 0 aliphatic heterocycles. The van der Waals surface area contributed by atoms with Gasteiger partial charge in [0.25, 0.3) is 0 Å². The van der Waals surface area contributed by atoms with E-state index < -0.39 is 28.6 Å². The van der Waals surface area contributed by atoms with Crippen LogP contribution in [0, 0.1) is 0 Å². The second-order valence-electron chi connectivity index (χ2n) is 7.71. The van der Waals surface area contributed by atoms with Crippen LogP contribution >= 0.6 is 11.6 Å². The Labute approximate surface area is 221 Å². The SMILES string of the molecule is CS(=O)c1ccc(Cl)cc1NC(=O)Nc1cnc(Oc2ccc(-c3cc(C(F)(F)F)cnc3N)cc2)nc1. The molecule has 0 aliphatic rings. The standard InChI is InChI=1S/C24H18ClF3N6O3S/c1-38(36)20-7-4-15(25)9-19(20)34-22(35)33-16-11-31-23(32-12-16)37-17-5-2-13(3-6-17)18-8-14(24(26,27)28)10-30-21(18)29/h2-12H,1H3,(H2,29,30)(H2,33,34,35). The van der Waals surface area contributed by atoms with E-state index in [0.29, 0.717) is 33.1 Å². The number of alkyl halides is 3. The lowest BCUT2D eigenvalue weighted by Crippen LogP contribution is -2.20. The maximum Gasteiger partial charge on any atom is 0.417 e. The molecule has 14 heteroatoms. The van der Waals surface area contributed by atoms with Crippen LogP contribution in [-0.4, -0.2) is 31.4 Å². The molecule has 2 aromatic carbocycles. The summed E-state index contributed by atoms with van der Waals surface area (Å²) >= 11 is 5.96. The van der Waals surface area contributed by atoms with Gasteiger partial charge in [0.2, 0.25) is 0 Å². The number of amides is 2. The molecule has 4 N–H and O–H groups in total. The van der Waals surface area contributed by atoms with Gasteiger partial charge in [-0.05, 0) is 42.0 Å². The smallest absolute Gasteiger partial charge is 0.417 e. The van der Waals surface area contributed by atoms with Gasteiger partial charge in [-0.1, -0.05) is 23.7 Å². The van der Waals surface area contributed by atoms with E-state index >= 15 is 0 Å². The van der Waals surface area contributed by atoms with Crippen LogP contribution in [0.3, 0.4) is 0 Å². The first-order chi connectivity index (χ1) is 18.0. The Morgan fingerprint density at radius 3 is 2.32 bits per heavy atom. The van der Waals surface area contributed by atoms with Gasteiger partial charge in [-0.3, -0.25) is 4.21 Å². The van der Waals surface area contributed by atoms with Gasteiger partial charge in [0.15, 0.2) is 0 Å². The van der Waals surface area contributed by atoms with Gasteiger partial charge in [-0.2, -0.15) is 13.2 Å². The Kier molecular flexibility index (Phi) is 7.78. The zero-order valence-corrected chi connectivity index (χ0v) is 21.0. The Bertz CT molecular complexity index is 1500. The molecular formula is C24H18ClF3N6O3S. The van der Waals surface area contributed by atoms with Crippen LogP contribution in [0.1, 0.15) is 5.56 Å². The summed E-state index contributed by atoms with van der Waals surface area (Å²) in [6.07, 6.45) is 0.220. The molecule has 0 bridgehead atoms. The van der Waals surface area contributed by atoms with Gasteiger partial charge >= 0.3 is 18.2 Å². The molecule has 0 saturated carbocycles. The number of anilines is 3. The van der Waals surface area contributed by atoms with Crippen molar-refractivity contribution >= 4 is 45.6 Å². The van der Waals surface area contributed by atoms with Gasteiger partial charge < -0.3 is 21.1 Å². The second-order valence-corrected chi connectivity index (χ2v) is 9.49. The van der Waals surface area contributed by atoms with E-state index in [9.17, 15) is 22.2 Å². The zero-order valence-electron chi connectivity index (χ0n) is 19.4. The molecule has 0 spiro atoms. The van der Waals surface area contributed by atoms with Crippen LogP contribution in [0.2, 0.25) is 5.02 Å². The van der Waals surface area contributed by atoms with E-state index in [2.05, 4.69) is 25.6 Å². The summed E-state index contributed by atoms with van der Waals surface area (Å²) in [5.41, 5.74) is 5.94. The molecule has 0 fully saturated rings. The van der Waals surface area contributed by atoms with Crippen molar-refractivity contribution in [3.05, 3.63) is 77.7 Å². The summed E-state index contributed by atoms with van der Waals surface area (Å²) in [5, 5.41) is 5.49. The van der Waals surface area contributed by atoms with Crippen molar-refractivity contribution in [2.75, 3.05) is 22.6 Å². The first kappa shape index (κ1) is 26.8. The Morgan fingerprint density at radius 1 is 1.00 bits per heavy atom. The average molecular weight is 563 g/mol. The van der Waals surface area contributed by atoms with Gasteiger partial charge in [0, 0.05) is 23.0 Å². The average Bonchev–Trinajstić information content (AvgIpc) is 2.85. The number of urea groups is 1. The molecule has 1 atom stereocenters. The summed E-state index contributed by atoms with van der Waals surface area (Å²) in [7, 11) is -1.35. The quantitative estimate of drug-likeness (QED) is 0.264. The van der Waals surface area contributed by atoms with Gasteiger partial charge in [-0.25, -0.2) is 19.7 Å². The molecule has 9 nitrogen and oxygen atoms in total. The minimum Gasteiger partial charge on any atom is -0.424 e. The maximum atomic E-state index is 13.0. The number of rotatable bonds is 6. The number of nitrogens with two attached hydrogens (primary N) is 1. The van der Waals surface area contributed by atoms with E-state index in [1.807, 2.05) is 0 Å². The monoisotopic (exact) mass is 562 g/mol. The van der Waals surface area contributed by atoms with E-state index in [-0.39, 0.29) is 23.1 Å². The third-order valence-electron chi connectivity index (χ3n) is 5.01. The molecule has 38 heavy (non-hydrogen) atoms. The van der Waals surface area contributed by atoms with Crippen LogP contribution in [0.4, 0.5) is 35.2 Å². The lowest BCUT2D eigenvalue weighted by Gasteiger charge is -2.12. The second kappa shape index (κ2) is 11.0. The molecule has 0 saturated heterocycles. The fourth-order valence-corrected chi connectivity index (χ4v) is 4.09. The van der Waals surface area contributed by atoms with Gasteiger partial charge in [0.1, 0.15) is 11.6 Å². The number of aromatic nitrogens is 3. The molecule has 2 heterocycles. The van der Waals surface area contributed by atoms with E-state index in [0.717, 1.165) is 6.07 Å². The van der Waals surface area contributed by atoms with E-state index in [1.165, 1.54) is 49.0 Å². The predicted molar refractivity (Wildman–Crippen MR) is 138 cm³/mol. The number of pyridine rings is 1. The van der Waals surface area contributed by atoms with Crippen LogP contribution in [0.5, 0.6) is 11.8 Å². The van der Waals surface area contributed by atoms with Crippen LogP contribution in [-0.2, 0) is 17.0 Å². The molecule has 4 rings (SSSR count). The fourth-order valence-electron chi connectivity index (χ4n) is 3.24. The minimum absolute atomic E-state index is 0.0394. The van der Waals surface area contributed by atoms with Crippen molar-refractivity contribution in [2.45, 2.75) is 11.1 Å². The lowest BCUT2D eigenvalue weighted by molar-refractivity contribution is -0.137. The van der Waals surface area contributed by atoms with Crippen molar-refractivity contribution in [2.24, 2.45) is 0 Å². The largest absolute Gasteiger partial charge is 0.424 e. The third-order valence-corrected chi connectivity index (χ3v) is 6.22. The Hall–Kier alpha value is -4.23. The third kappa shape index (κ3) is 6.55. The van der Waals surface area contributed by atoms with Crippen LogP contribution < -0.4 is 21.1 Å². The number of ether oxygens (including phenoxy) is 1. The van der Waals surface area contributed by atoms with Crippen molar-refractivity contribution in [1.82, 2.24) is 15.0 Å². The summed E-state index contributed by atoms with van der Waals surface area (Å²) in [6.45, 7) is 0. The number of carbonyl (C=O) groups is 1.